The van der Waals surface area contributed by atoms with Gasteiger partial charge in [-0.1, -0.05) is 12.1 Å². The molecule has 0 aromatic heterocycles. The maximum absolute atomic E-state index is 11.7. The molecule has 114 valence electrons. The molecule has 0 aliphatic carbocycles. The number of fused-ring (bicyclic) bond motifs is 2. The maximum atomic E-state index is 11.7. The molecule has 3 N–H and O–H groups in total. The smallest absolute Gasteiger partial charge is 0.268 e. The standard InChI is InChI=1S/C15H21N3O3/c16-17-15(19)13-3-1-2-4-14(13)20-8-7-18-9-11-5-6-12(10-18)21-11/h1-4,11-12H,5-10,16H2,(H,17,19). The molecule has 1 aromatic carbocycles. The molecule has 2 aliphatic heterocycles. The number of amides is 1. The molecule has 6 nitrogen and oxygen atoms in total. The summed E-state index contributed by atoms with van der Waals surface area (Å²) in [6, 6.07) is 7.12. The van der Waals surface area contributed by atoms with Crippen molar-refractivity contribution < 1.29 is 14.3 Å². The second-order valence-corrected chi connectivity index (χ2v) is 5.54. The Bertz CT molecular complexity index is 497. The van der Waals surface area contributed by atoms with E-state index in [0.717, 1.165) is 19.6 Å². The van der Waals surface area contributed by atoms with Gasteiger partial charge in [0.15, 0.2) is 0 Å². The zero-order valence-electron chi connectivity index (χ0n) is 12.0. The van der Waals surface area contributed by atoms with E-state index in [2.05, 4.69) is 10.3 Å². The molecule has 2 unspecified atom stereocenters. The summed E-state index contributed by atoms with van der Waals surface area (Å²) in [5.74, 6) is 5.41. The molecule has 21 heavy (non-hydrogen) atoms. The number of carbonyl (C=O) groups is 1. The van der Waals surface area contributed by atoms with E-state index >= 15 is 0 Å². The molecule has 2 fully saturated rings. The second kappa shape index (κ2) is 6.43. The minimum atomic E-state index is -0.338. The molecule has 0 radical (unpaired) electrons. The van der Waals surface area contributed by atoms with E-state index in [-0.39, 0.29) is 5.91 Å². The Labute approximate surface area is 124 Å². The van der Waals surface area contributed by atoms with Gasteiger partial charge in [0.05, 0.1) is 17.8 Å². The van der Waals surface area contributed by atoms with Crippen molar-refractivity contribution in [3.8, 4) is 5.75 Å². The molecule has 3 rings (SSSR count). The Kier molecular flexibility index (Phi) is 4.38. The Balaban J connectivity index is 1.52. The van der Waals surface area contributed by atoms with Gasteiger partial charge < -0.3 is 9.47 Å². The minimum Gasteiger partial charge on any atom is -0.491 e. The molecule has 0 saturated carbocycles. The van der Waals surface area contributed by atoms with E-state index in [1.54, 1.807) is 18.2 Å². The van der Waals surface area contributed by atoms with Crippen LogP contribution in [0, 0.1) is 0 Å². The summed E-state index contributed by atoms with van der Waals surface area (Å²) in [5, 5.41) is 0. The van der Waals surface area contributed by atoms with Crippen LogP contribution in [-0.4, -0.2) is 49.3 Å². The molecule has 6 heteroatoms. The fraction of sp³-hybridized carbons (Fsp3) is 0.533. The number of nitrogens with zero attached hydrogens (tertiary/aromatic N) is 1. The van der Waals surface area contributed by atoms with Crippen LogP contribution in [-0.2, 0) is 4.74 Å². The summed E-state index contributed by atoms with van der Waals surface area (Å²) < 4.78 is 11.6. The van der Waals surface area contributed by atoms with Crippen molar-refractivity contribution in [3.05, 3.63) is 29.8 Å². The van der Waals surface area contributed by atoms with E-state index in [4.69, 9.17) is 15.3 Å². The lowest BCUT2D eigenvalue weighted by molar-refractivity contribution is -0.0409. The summed E-state index contributed by atoms with van der Waals surface area (Å²) in [6.07, 6.45) is 3.11. The molecule has 0 spiro atoms. The van der Waals surface area contributed by atoms with Crippen LogP contribution in [0.1, 0.15) is 23.2 Å². The van der Waals surface area contributed by atoms with Gasteiger partial charge in [0.25, 0.3) is 5.91 Å². The quantitative estimate of drug-likeness (QED) is 0.470. The number of benzene rings is 1. The van der Waals surface area contributed by atoms with Gasteiger partial charge >= 0.3 is 0 Å². The number of hydrogen-bond donors (Lipinski definition) is 2. The molecule has 1 amide bonds. The average Bonchev–Trinajstić information content (AvgIpc) is 2.86. The lowest BCUT2D eigenvalue weighted by Crippen LogP contribution is -2.44. The predicted octanol–water partition coefficient (Wildman–Crippen LogP) is 0.532. The minimum absolute atomic E-state index is 0.338. The van der Waals surface area contributed by atoms with Crippen LogP contribution in [0.5, 0.6) is 5.75 Å². The average molecular weight is 291 g/mol. The molecule has 2 saturated heterocycles. The van der Waals surface area contributed by atoms with Crippen molar-refractivity contribution in [2.75, 3.05) is 26.2 Å². The van der Waals surface area contributed by atoms with Crippen LogP contribution in [0.4, 0.5) is 0 Å². The van der Waals surface area contributed by atoms with E-state index in [1.165, 1.54) is 12.8 Å². The summed E-state index contributed by atoms with van der Waals surface area (Å²) in [6.45, 7) is 3.35. The van der Waals surface area contributed by atoms with Crippen molar-refractivity contribution in [1.82, 2.24) is 10.3 Å². The molecule has 2 atom stereocenters. The summed E-state index contributed by atoms with van der Waals surface area (Å²) >= 11 is 0. The number of nitrogens with one attached hydrogen (secondary N) is 1. The monoisotopic (exact) mass is 291 g/mol. The van der Waals surface area contributed by atoms with Crippen LogP contribution in [0.3, 0.4) is 0 Å². The van der Waals surface area contributed by atoms with Gasteiger partial charge in [-0.05, 0) is 25.0 Å². The predicted molar refractivity (Wildman–Crippen MR) is 77.9 cm³/mol. The van der Waals surface area contributed by atoms with Gasteiger partial charge in [-0.2, -0.15) is 0 Å². The van der Waals surface area contributed by atoms with Crippen molar-refractivity contribution in [2.45, 2.75) is 25.0 Å². The van der Waals surface area contributed by atoms with Crippen molar-refractivity contribution >= 4 is 5.91 Å². The lowest BCUT2D eigenvalue weighted by atomic mass is 10.2. The summed E-state index contributed by atoms with van der Waals surface area (Å²) in [4.78, 5) is 14.0. The second-order valence-electron chi connectivity index (χ2n) is 5.54. The number of morpholine rings is 1. The lowest BCUT2D eigenvalue weighted by Gasteiger charge is -2.31. The van der Waals surface area contributed by atoms with Crippen molar-refractivity contribution in [3.63, 3.8) is 0 Å². The highest BCUT2D eigenvalue weighted by molar-refractivity contribution is 5.96. The number of nitrogens with two attached hydrogens (primary N) is 1. The first-order valence-electron chi connectivity index (χ1n) is 7.37. The van der Waals surface area contributed by atoms with E-state index in [0.29, 0.717) is 30.1 Å². The highest BCUT2D eigenvalue weighted by Crippen LogP contribution is 2.26. The Morgan fingerprint density at radius 3 is 2.76 bits per heavy atom. The number of rotatable bonds is 5. The van der Waals surface area contributed by atoms with Crippen molar-refractivity contribution in [2.24, 2.45) is 5.84 Å². The molecule has 2 bridgehead atoms. The zero-order valence-corrected chi connectivity index (χ0v) is 12.0. The molecule has 1 aromatic rings. The van der Waals surface area contributed by atoms with Gasteiger partial charge in [-0.25, -0.2) is 5.84 Å². The number of hydrogen-bond acceptors (Lipinski definition) is 5. The van der Waals surface area contributed by atoms with Crippen LogP contribution >= 0.6 is 0 Å². The zero-order chi connectivity index (χ0) is 14.7. The first-order chi connectivity index (χ1) is 10.3. The third-order valence-electron chi connectivity index (χ3n) is 4.05. The summed E-state index contributed by atoms with van der Waals surface area (Å²) in [7, 11) is 0. The SMILES string of the molecule is NNC(=O)c1ccccc1OCCN1CC2CCC(C1)O2. The van der Waals surface area contributed by atoms with Gasteiger partial charge in [0, 0.05) is 19.6 Å². The molecular weight excluding hydrogens is 270 g/mol. The van der Waals surface area contributed by atoms with Crippen LogP contribution < -0.4 is 16.0 Å². The van der Waals surface area contributed by atoms with Gasteiger partial charge in [-0.15, -0.1) is 0 Å². The number of carbonyl (C=O) groups excluding carboxylic acids is 1. The Morgan fingerprint density at radius 1 is 1.33 bits per heavy atom. The molecule has 2 heterocycles. The van der Waals surface area contributed by atoms with E-state index in [9.17, 15) is 4.79 Å². The fourth-order valence-corrected chi connectivity index (χ4v) is 3.02. The van der Waals surface area contributed by atoms with Crippen LogP contribution in [0.2, 0.25) is 0 Å². The maximum Gasteiger partial charge on any atom is 0.268 e. The topological polar surface area (TPSA) is 76.8 Å². The number of likely N-dealkylation sites (tertiary alicyclic amines) is 1. The number of para-hydroxylation sites is 1. The molecular formula is C15H21N3O3. The Morgan fingerprint density at radius 2 is 2.05 bits per heavy atom. The number of ether oxygens (including phenoxy) is 2. The number of hydrazine groups is 1. The highest BCUT2D eigenvalue weighted by atomic mass is 16.5. The Hall–Kier alpha value is -1.63. The van der Waals surface area contributed by atoms with Crippen LogP contribution in [0.15, 0.2) is 24.3 Å². The van der Waals surface area contributed by atoms with Crippen molar-refractivity contribution in [1.29, 1.82) is 0 Å². The van der Waals surface area contributed by atoms with Gasteiger partial charge in [-0.3, -0.25) is 15.1 Å². The third-order valence-corrected chi connectivity index (χ3v) is 4.05. The first-order valence-corrected chi connectivity index (χ1v) is 7.37. The molecule has 2 aliphatic rings. The first kappa shape index (κ1) is 14.3. The highest BCUT2D eigenvalue weighted by Gasteiger charge is 2.33. The fourth-order valence-electron chi connectivity index (χ4n) is 3.02. The van der Waals surface area contributed by atoms with Crippen LogP contribution in [0.25, 0.3) is 0 Å². The largest absolute Gasteiger partial charge is 0.491 e. The van der Waals surface area contributed by atoms with Gasteiger partial charge in [0.1, 0.15) is 12.4 Å². The summed E-state index contributed by atoms with van der Waals surface area (Å²) in [5.41, 5.74) is 2.60. The third kappa shape index (κ3) is 3.34. The number of nitrogen functional groups attached to an aromatic ring is 1. The normalized spacial score (nSPS) is 24.8. The van der Waals surface area contributed by atoms with E-state index in [1.807, 2.05) is 6.07 Å². The van der Waals surface area contributed by atoms with E-state index < -0.39 is 0 Å². The van der Waals surface area contributed by atoms with Gasteiger partial charge in [0.2, 0.25) is 0 Å².